The first kappa shape index (κ1) is 16.8. The molecule has 132 valence electrons. The number of fused-ring (bicyclic) bond motifs is 2. The Bertz CT molecular complexity index is 1200. The van der Waals surface area contributed by atoms with Gasteiger partial charge in [-0.15, -0.1) is 0 Å². The number of phenolic OH excluding ortho intramolecular Hbond substituents is 1. The lowest BCUT2D eigenvalue weighted by molar-refractivity contribution is 0.0952. The third-order valence-electron chi connectivity index (χ3n) is 4.60. The van der Waals surface area contributed by atoms with E-state index in [1.807, 2.05) is 67.6 Å². The third kappa shape index (κ3) is 3.37. The Morgan fingerprint density at radius 3 is 2.11 bits per heavy atom. The molecule has 0 saturated carbocycles. The van der Waals surface area contributed by atoms with Gasteiger partial charge >= 0.3 is 0 Å². The first-order chi connectivity index (χ1) is 13.1. The summed E-state index contributed by atoms with van der Waals surface area (Å²) < 4.78 is 0. The number of carbonyl (C=O) groups excluding carboxylic acids is 1. The van der Waals surface area contributed by atoms with E-state index in [4.69, 9.17) is 0 Å². The number of nitrogens with one attached hydrogen (secondary N) is 1. The zero-order valence-electron chi connectivity index (χ0n) is 14.8. The highest BCUT2D eigenvalue weighted by Gasteiger charge is 2.12. The summed E-state index contributed by atoms with van der Waals surface area (Å²) in [6.07, 6.45) is 0. The van der Waals surface area contributed by atoms with Crippen LogP contribution in [0, 0.1) is 0 Å². The van der Waals surface area contributed by atoms with Crippen LogP contribution >= 0.6 is 0 Å². The van der Waals surface area contributed by atoms with Crippen LogP contribution in [-0.2, 0) is 0 Å². The van der Waals surface area contributed by atoms with Crippen molar-refractivity contribution < 1.29 is 9.90 Å². The van der Waals surface area contributed by atoms with Gasteiger partial charge in [-0.1, -0.05) is 60.7 Å². The summed E-state index contributed by atoms with van der Waals surface area (Å²) in [5.41, 5.74) is 4.35. The molecule has 0 heterocycles. The summed E-state index contributed by atoms with van der Waals surface area (Å²) in [4.78, 5) is 12.5. The normalized spacial score (nSPS) is 11.7. The molecule has 0 atom stereocenters. The molecule has 0 unspecified atom stereocenters. The Kier molecular flexibility index (Phi) is 4.30. The summed E-state index contributed by atoms with van der Waals surface area (Å²) in [6, 6.07) is 24.9. The van der Waals surface area contributed by atoms with Crippen LogP contribution in [0.15, 0.2) is 84.0 Å². The molecule has 0 aliphatic heterocycles. The average molecular weight is 354 g/mol. The monoisotopic (exact) mass is 354 g/mol. The fourth-order valence-electron chi connectivity index (χ4n) is 3.08. The van der Waals surface area contributed by atoms with E-state index in [2.05, 4.69) is 16.6 Å². The Morgan fingerprint density at radius 1 is 0.815 bits per heavy atom. The van der Waals surface area contributed by atoms with E-state index in [9.17, 15) is 9.90 Å². The summed E-state index contributed by atoms with van der Waals surface area (Å²) in [7, 11) is 0. The van der Waals surface area contributed by atoms with Gasteiger partial charge in [0.15, 0.2) is 0 Å². The lowest BCUT2D eigenvalue weighted by atomic mass is 10.0. The number of rotatable bonds is 3. The van der Waals surface area contributed by atoms with Crippen molar-refractivity contribution in [1.82, 2.24) is 5.43 Å². The number of amides is 1. The SMILES string of the molecule is C/C(=N/NC(=O)c1cc2ccccc2cc1O)c1ccc2ccccc2c1. The molecule has 1 amide bonds. The molecule has 4 nitrogen and oxygen atoms in total. The van der Waals surface area contributed by atoms with E-state index in [1.54, 1.807) is 12.1 Å². The van der Waals surface area contributed by atoms with Gasteiger partial charge in [0.05, 0.1) is 11.3 Å². The van der Waals surface area contributed by atoms with Crippen molar-refractivity contribution in [3.63, 3.8) is 0 Å². The smallest absolute Gasteiger partial charge is 0.275 e. The number of carbonyl (C=O) groups is 1. The third-order valence-corrected chi connectivity index (χ3v) is 4.60. The quantitative estimate of drug-likeness (QED) is 0.408. The minimum atomic E-state index is -0.446. The molecule has 0 aliphatic rings. The summed E-state index contributed by atoms with van der Waals surface area (Å²) in [5, 5.41) is 18.4. The standard InChI is InChI=1S/C23H18N2O2/c1-15(17-11-10-16-6-2-3-7-18(16)12-17)24-25-23(27)21-13-19-8-4-5-9-20(19)14-22(21)26/h2-14,26H,1H3,(H,25,27)/b24-15-. The number of phenols is 1. The maximum absolute atomic E-state index is 12.5. The van der Waals surface area contributed by atoms with Gasteiger partial charge in [0.1, 0.15) is 5.75 Å². The maximum Gasteiger partial charge on any atom is 0.275 e. The second-order valence-electron chi connectivity index (χ2n) is 6.42. The molecule has 27 heavy (non-hydrogen) atoms. The minimum Gasteiger partial charge on any atom is -0.507 e. The van der Waals surface area contributed by atoms with Crippen LogP contribution < -0.4 is 5.43 Å². The zero-order chi connectivity index (χ0) is 18.8. The Hall–Kier alpha value is -3.66. The predicted molar refractivity (Wildman–Crippen MR) is 109 cm³/mol. The molecule has 0 bridgehead atoms. The second-order valence-corrected chi connectivity index (χ2v) is 6.42. The van der Waals surface area contributed by atoms with Crippen LogP contribution in [0.1, 0.15) is 22.8 Å². The van der Waals surface area contributed by atoms with Crippen LogP contribution in [0.2, 0.25) is 0 Å². The first-order valence-corrected chi connectivity index (χ1v) is 8.67. The predicted octanol–water partition coefficient (Wildman–Crippen LogP) is 4.85. The van der Waals surface area contributed by atoms with E-state index in [-0.39, 0.29) is 11.3 Å². The second kappa shape index (κ2) is 6.92. The van der Waals surface area contributed by atoms with Crippen molar-refractivity contribution in [3.05, 3.63) is 90.0 Å². The molecule has 4 aromatic rings. The number of aromatic hydroxyl groups is 1. The lowest BCUT2D eigenvalue weighted by Gasteiger charge is -2.07. The molecule has 2 N–H and O–H groups in total. The largest absolute Gasteiger partial charge is 0.507 e. The molecular weight excluding hydrogens is 336 g/mol. The summed E-state index contributed by atoms with van der Waals surface area (Å²) >= 11 is 0. The van der Waals surface area contributed by atoms with Gasteiger partial charge in [-0.25, -0.2) is 5.43 Å². The number of nitrogens with zero attached hydrogens (tertiary/aromatic N) is 1. The van der Waals surface area contributed by atoms with Crippen LogP contribution in [0.4, 0.5) is 0 Å². The van der Waals surface area contributed by atoms with Crippen LogP contribution in [0.25, 0.3) is 21.5 Å². The van der Waals surface area contributed by atoms with Gasteiger partial charge < -0.3 is 5.11 Å². The number of hydrogen-bond donors (Lipinski definition) is 2. The molecule has 4 rings (SSSR count). The minimum absolute atomic E-state index is 0.0650. The van der Waals surface area contributed by atoms with Crippen LogP contribution in [-0.4, -0.2) is 16.7 Å². The molecule has 0 aromatic heterocycles. The summed E-state index contributed by atoms with van der Waals surface area (Å²) in [5.74, 6) is -0.511. The molecule has 0 radical (unpaired) electrons. The average Bonchev–Trinajstić information content (AvgIpc) is 2.70. The number of hydrazone groups is 1. The molecular formula is C23H18N2O2. The summed E-state index contributed by atoms with van der Waals surface area (Å²) in [6.45, 7) is 1.84. The Morgan fingerprint density at radius 2 is 1.41 bits per heavy atom. The molecule has 0 aliphatic carbocycles. The van der Waals surface area contributed by atoms with E-state index in [1.165, 1.54) is 0 Å². The number of hydrogen-bond acceptors (Lipinski definition) is 3. The lowest BCUT2D eigenvalue weighted by Crippen LogP contribution is -2.19. The van der Waals surface area contributed by atoms with Crippen molar-refractivity contribution in [3.8, 4) is 5.75 Å². The van der Waals surface area contributed by atoms with Crippen LogP contribution in [0.3, 0.4) is 0 Å². The van der Waals surface area contributed by atoms with Gasteiger partial charge in [0.2, 0.25) is 0 Å². The van der Waals surface area contributed by atoms with E-state index in [0.29, 0.717) is 5.71 Å². The highest BCUT2D eigenvalue weighted by atomic mass is 16.3. The van der Waals surface area contributed by atoms with Crippen LogP contribution in [0.5, 0.6) is 5.75 Å². The Labute approximate surface area is 156 Å². The topological polar surface area (TPSA) is 61.7 Å². The molecule has 4 heteroatoms. The highest BCUT2D eigenvalue weighted by Crippen LogP contribution is 2.25. The van der Waals surface area contributed by atoms with Crippen molar-refractivity contribution in [2.45, 2.75) is 6.92 Å². The van der Waals surface area contributed by atoms with Gasteiger partial charge in [-0.05, 0) is 52.2 Å². The molecule has 0 spiro atoms. The fourth-order valence-corrected chi connectivity index (χ4v) is 3.08. The van der Waals surface area contributed by atoms with E-state index >= 15 is 0 Å². The van der Waals surface area contributed by atoms with Gasteiger partial charge in [-0.3, -0.25) is 4.79 Å². The fraction of sp³-hybridized carbons (Fsp3) is 0.0435. The number of benzene rings is 4. The van der Waals surface area contributed by atoms with E-state index in [0.717, 1.165) is 27.1 Å². The van der Waals surface area contributed by atoms with Crippen molar-refractivity contribution in [1.29, 1.82) is 0 Å². The first-order valence-electron chi connectivity index (χ1n) is 8.67. The molecule has 4 aromatic carbocycles. The molecule has 0 fully saturated rings. The van der Waals surface area contributed by atoms with E-state index < -0.39 is 5.91 Å². The zero-order valence-corrected chi connectivity index (χ0v) is 14.8. The van der Waals surface area contributed by atoms with Crippen molar-refractivity contribution in [2.24, 2.45) is 5.10 Å². The Balaban J connectivity index is 1.59. The van der Waals surface area contributed by atoms with Crippen molar-refractivity contribution in [2.75, 3.05) is 0 Å². The maximum atomic E-state index is 12.5. The van der Waals surface area contributed by atoms with Gasteiger partial charge in [0.25, 0.3) is 5.91 Å². The highest BCUT2D eigenvalue weighted by molar-refractivity contribution is 6.05. The van der Waals surface area contributed by atoms with Gasteiger partial charge in [-0.2, -0.15) is 5.10 Å². The van der Waals surface area contributed by atoms with Gasteiger partial charge in [0, 0.05) is 0 Å². The molecule has 0 saturated heterocycles. The van der Waals surface area contributed by atoms with Crippen molar-refractivity contribution >= 4 is 33.2 Å².